The van der Waals surface area contributed by atoms with E-state index in [1.165, 1.54) is 0 Å². The maximum atomic E-state index is 10.9. The first-order chi connectivity index (χ1) is 7.47. The number of nitrogens with two attached hydrogens (primary N) is 1. The van der Waals surface area contributed by atoms with Crippen LogP contribution in [0.1, 0.15) is 25.8 Å². The first-order valence-corrected chi connectivity index (χ1v) is 5.33. The third-order valence-electron chi connectivity index (χ3n) is 2.47. The molecule has 0 fully saturated rings. The molecule has 0 bridgehead atoms. The van der Waals surface area contributed by atoms with Crippen molar-refractivity contribution in [3.8, 4) is 0 Å². The zero-order valence-electron chi connectivity index (χ0n) is 9.25. The largest absolute Gasteiger partial charge is 0.478 e. The van der Waals surface area contributed by atoms with Crippen LogP contribution in [0.25, 0.3) is 5.57 Å². The van der Waals surface area contributed by atoms with E-state index in [0.717, 1.165) is 11.1 Å². The molecule has 0 radical (unpaired) electrons. The van der Waals surface area contributed by atoms with Crippen LogP contribution in [0.5, 0.6) is 0 Å². The van der Waals surface area contributed by atoms with E-state index in [4.69, 9.17) is 22.4 Å². The van der Waals surface area contributed by atoms with E-state index in [1.807, 2.05) is 6.92 Å². The van der Waals surface area contributed by atoms with Gasteiger partial charge in [0.1, 0.15) is 0 Å². The average Bonchev–Trinajstić information content (AvgIpc) is 2.24. The van der Waals surface area contributed by atoms with Gasteiger partial charge in [0.2, 0.25) is 0 Å². The SMILES string of the molecule is CCC(=C(C)C(=O)O)c1ccc(Cl)c(N)c1. The van der Waals surface area contributed by atoms with Gasteiger partial charge in [-0.1, -0.05) is 24.6 Å². The Labute approximate surface area is 99.5 Å². The third-order valence-corrected chi connectivity index (χ3v) is 2.82. The van der Waals surface area contributed by atoms with Crippen molar-refractivity contribution in [2.24, 2.45) is 0 Å². The topological polar surface area (TPSA) is 63.3 Å². The summed E-state index contributed by atoms with van der Waals surface area (Å²) >= 11 is 5.81. The molecule has 3 nitrogen and oxygen atoms in total. The Bertz CT molecular complexity index is 452. The van der Waals surface area contributed by atoms with Crippen LogP contribution in [-0.4, -0.2) is 11.1 Å². The van der Waals surface area contributed by atoms with Gasteiger partial charge < -0.3 is 10.8 Å². The summed E-state index contributed by atoms with van der Waals surface area (Å²) in [5, 5.41) is 9.43. The number of hydrogen-bond donors (Lipinski definition) is 2. The first-order valence-electron chi connectivity index (χ1n) is 4.95. The van der Waals surface area contributed by atoms with Crippen molar-refractivity contribution in [2.45, 2.75) is 20.3 Å². The minimum Gasteiger partial charge on any atom is -0.478 e. The molecule has 86 valence electrons. The number of rotatable bonds is 3. The lowest BCUT2D eigenvalue weighted by molar-refractivity contribution is -0.132. The van der Waals surface area contributed by atoms with Gasteiger partial charge in [-0.05, 0) is 36.6 Å². The highest BCUT2D eigenvalue weighted by Gasteiger charge is 2.10. The van der Waals surface area contributed by atoms with E-state index < -0.39 is 5.97 Å². The minimum atomic E-state index is -0.912. The van der Waals surface area contributed by atoms with Crippen LogP contribution in [0.15, 0.2) is 23.8 Å². The lowest BCUT2D eigenvalue weighted by atomic mass is 9.98. The van der Waals surface area contributed by atoms with Crippen molar-refractivity contribution in [3.63, 3.8) is 0 Å². The number of carboxylic acid groups (broad SMARTS) is 1. The van der Waals surface area contributed by atoms with Crippen molar-refractivity contribution in [3.05, 3.63) is 34.4 Å². The summed E-state index contributed by atoms with van der Waals surface area (Å²) in [5.74, 6) is -0.912. The smallest absolute Gasteiger partial charge is 0.331 e. The zero-order chi connectivity index (χ0) is 12.3. The highest BCUT2D eigenvalue weighted by atomic mass is 35.5. The van der Waals surface area contributed by atoms with Crippen molar-refractivity contribution >= 4 is 28.8 Å². The van der Waals surface area contributed by atoms with Crippen LogP contribution >= 0.6 is 11.6 Å². The minimum absolute atomic E-state index is 0.337. The number of allylic oxidation sites excluding steroid dienone is 1. The number of carboxylic acids is 1. The summed E-state index contributed by atoms with van der Waals surface area (Å²) < 4.78 is 0. The van der Waals surface area contributed by atoms with Gasteiger partial charge in [0.05, 0.1) is 10.7 Å². The van der Waals surface area contributed by atoms with Gasteiger partial charge in [0.15, 0.2) is 0 Å². The Morgan fingerprint density at radius 2 is 2.12 bits per heavy atom. The van der Waals surface area contributed by atoms with E-state index in [2.05, 4.69) is 0 Å². The Morgan fingerprint density at radius 3 is 2.56 bits per heavy atom. The molecule has 0 aliphatic carbocycles. The Morgan fingerprint density at radius 1 is 1.50 bits per heavy atom. The average molecular weight is 240 g/mol. The molecule has 0 unspecified atom stereocenters. The third kappa shape index (κ3) is 2.55. The molecule has 0 atom stereocenters. The van der Waals surface area contributed by atoms with Gasteiger partial charge in [-0.15, -0.1) is 0 Å². The Kier molecular flexibility index (Phi) is 3.96. The van der Waals surface area contributed by atoms with E-state index >= 15 is 0 Å². The molecule has 1 aromatic rings. The van der Waals surface area contributed by atoms with E-state index in [0.29, 0.717) is 22.7 Å². The monoisotopic (exact) mass is 239 g/mol. The molecule has 1 aromatic carbocycles. The van der Waals surface area contributed by atoms with Gasteiger partial charge >= 0.3 is 5.97 Å². The van der Waals surface area contributed by atoms with Crippen LogP contribution in [-0.2, 0) is 4.79 Å². The van der Waals surface area contributed by atoms with Crippen LogP contribution in [0, 0.1) is 0 Å². The maximum Gasteiger partial charge on any atom is 0.331 e. The van der Waals surface area contributed by atoms with Crippen LogP contribution in [0.2, 0.25) is 5.02 Å². The summed E-state index contributed by atoms with van der Waals surface area (Å²) in [5.41, 5.74) is 8.07. The maximum absolute atomic E-state index is 10.9. The molecule has 4 heteroatoms. The number of halogens is 1. The summed E-state index contributed by atoms with van der Waals surface area (Å²) in [6.45, 7) is 3.50. The molecule has 1 rings (SSSR count). The van der Waals surface area contributed by atoms with Crippen LogP contribution < -0.4 is 5.73 Å². The summed E-state index contributed by atoms with van der Waals surface area (Å²) in [6.07, 6.45) is 0.638. The predicted octanol–water partition coefficient (Wildman–Crippen LogP) is 3.19. The standard InChI is InChI=1S/C12H14ClNO2/c1-3-9(7(2)12(15)16)8-4-5-10(13)11(14)6-8/h4-6H,3,14H2,1-2H3,(H,15,16). The van der Waals surface area contributed by atoms with Crippen LogP contribution in [0.4, 0.5) is 5.69 Å². The van der Waals surface area contributed by atoms with Crippen molar-refractivity contribution < 1.29 is 9.90 Å². The van der Waals surface area contributed by atoms with E-state index in [1.54, 1.807) is 25.1 Å². The Hall–Kier alpha value is -1.48. The van der Waals surface area contributed by atoms with Crippen LogP contribution in [0.3, 0.4) is 0 Å². The number of nitrogen functional groups attached to an aromatic ring is 1. The molecule has 0 aliphatic heterocycles. The number of aliphatic carboxylic acids is 1. The van der Waals surface area contributed by atoms with E-state index in [9.17, 15) is 4.79 Å². The molecule has 0 spiro atoms. The fourth-order valence-electron chi connectivity index (χ4n) is 1.55. The molecule has 0 heterocycles. The highest BCUT2D eigenvalue weighted by molar-refractivity contribution is 6.33. The lowest BCUT2D eigenvalue weighted by Crippen LogP contribution is -2.01. The lowest BCUT2D eigenvalue weighted by Gasteiger charge is -2.09. The van der Waals surface area contributed by atoms with Crippen molar-refractivity contribution in [1.82, 2.24) is 0 Å². The van der Waals surface area contributed by atoms with Crippen molar-refractivity contribution in [2.75, 3.05) is 5.73 Å². The number of hydrogen-bond acceptors (Lipinski definition) is 2. The molecule has 3 N–H and O–H groups in total. The molecule has 0 amide bonds. The molecular formula is C12H14ClNO2. The van der Waals surface area contributed by atoms with Gasteiger partial charge in [-0.3, -0.25) is 0 Å². The number of carbonyl (C=O) groups is 1. The molecule has 0 aromatic heterocycles. The van der Waals surface area contributed by atoms with Gasteiger partial charge in [0, 0.05) is 5.57 Å². The summed E-state index contributed by atoms with van der Waals surface area (Å²) in [6, 6.07) is 5.16. The van der Waals surface area contributed by atoms with E-state index in [-0.39, 0.29) is 0 Å². The zero-order valence-corrected chi connectivity index (χ0v) is 10.0. The summed E-state index contributed by atoms with van der Waals surface area (Å²) in [4.78, 5) is 10.9. The fraction of sp³-hybridized carbons (Fsp3) is 0.250. The molecule has 16 heavy (non-hydrogen) atoms. The Balaban J connectivity index is 3.30. The molecule has 0 aliphatic rings. The fourth-order valence-corrected chi connectivity index (χ4v) is 1.66. The van der Waals surface area contributed by atoms with Crippen molar-refractivity contribution in [1.29, 1.82) is 0 Å². The number of anilines is 1. The van der Waals surface area contributed by atoms with Gasteiger partial charge in [-0.2, -0.15) is 0 Å². The van der Waals surface area contributed by atoms with Gasteiger partial charge in [0.25, 0.3) is 0 Å². The summed E-state index contributed by atoms with van der Waals surface area (Å²) in [7, 11) is 0. The van der Waals surface area contributed by atoms with Gasteiger partial charge in [-0.25, -0.2) is 4.79 Å². The first kappa shape index (κ1) is 12.6. The quantitative estimate of drug-likeness (QED) is 0.629. The predicted molar refractivity (Wildman–Crippen MR) is 66.4 cm³/mol. The number of benzene rings is 1. The molecule has 0 saturated carbocycles. The normalized spacial score (nSPS) is 12.2. The second-order valence-corrected chi connectivity index (χ2v) is 3.91. The highest BCUT2D eigenvalue weighted by Crippen LogP contribution is 2.27. The molecular weight excluding hydrogens is 226 g/mol. The molecule has 0 saturated heterocycles. The second-order valence-electron chi connectivity index (χ2n) is 3.50. The second kappa shape index (κ2) is 5.03.